The van der Waals surface area contributed by atoms with Crippen LogP contribution in [0.15, 0.2) is 23.7 Å². The fourth-order valence-electron chi connectivity index (χ4n) is 1.60. The second-order valence-electron chi connectivity index (χ2n) is 4.25. The molecule has 2 N–H and O–H groups in total. The Hall–Kier alpha value is -2.23. The topological polar surface area (TPSA) is 75.1 Å². The molecule has 21 heavy (non-hydrogen) atoms. The Balaban J connectivity index is 1.93. The van der Waals surface area contributed by atoms with Crippen molar-refractivity contribution in [3.8, 4) is 11.8 Å². The summed E-state index contributed by atoms with van der Waals surface area (Å²) in [6.07, 6.45) is 2.11. The van der Waals surface area contributed by atoms with Gasteiger partial charge in [0.25, 0.3) is 5.91 Å². The van der Waals surface area contributed by atoms with Crippen LogP contribution in [0.2, 0.25) is 0 Å². The molecule has 0 aliphatic carbocycles. The molecule has 0 saturated carbocycles. The van der Waals surface area contributed by atoms with Crippen molar-refractivity contribution in [1.82, 2.24) is 15.3 Å². The van der Waals surface area contributed by atoms with Gasteiger partial charge >= 0.3 is 0 Å². The van der Waals surface area contributed by atoms with E-state index in [9.17, 15) is 4.79 Å². The lowest BCUT2D eigenvalue weighted by molar-refractivity contribution is 0.0951. The van der Waals surface area contributed by atoms with Crippen LogP contribution in [-0.2, 0) is 6.54 Å². The third kappa shape index (κ3) is 4.67. The van der Waals surface area contributed by atoms with Crippen LogP contribution in [0.1, 0.15) is 33.2 Å². The number of thiophene rings is 1. The zero-order chi connectivity index (χ0) is 15.1. The van der Waals surface area contributed by atoms with E-state index < -0.39 is 0 Å². The van der Waals surface area contributed by atoms with E-state index in [4.69, 9.17) is 5.11 Å². The molecule has 0 fully saturated rings. The zero-order valence-electron chi connectivity index (χ0n) is 11.6. The first-order valence-corrected chi connectivity index (χ1v) is 7.32. The smallest absolute Gasteiger partial charge is 0.252 e. The average molecular weight is 301 g/mol. The normalized spacial score (nSPS) is 9.81. The third-order valence-corrected chi connectivity index (χ3v) is 3.42. The molecule has 1 amide bonds. The van der Waals surface area contributed by atoms with E-state index in [1.165, 1.54) is 11.3 Å². The summed E-state index contributed by atoms with van der Waals surface area (Å²) in [5.74, 6) is 6.26. The molecule has 0 aromatic carbocycles. The maximum atomic E-state index is 12.0. The Morgan fingerprint density at radius 3 is 3.14 bits per heavy atom. The SMILES string of the molecule is Cc1nccc(CNC(=O)c2csc(C#CCCO)c2)n1. The van der Waals surface area contributed by atoms with Crippen molar-refractivity contribution in [2.75, 3.05) is 6.61 Å². The van der Waals surface area contributed by atoms with Gasteiger partial charge in [-0.05, 0) is 19.1 Å². The summed E-state index contributed by atoms with van der Waals surface area (Å²) in [4.78, 5) is 21.1. The van der Waals surface area contributed by atoms with Crippen LogP contribution < -0.4 is 5.32 Å². The minimum atomic E-state index is -0.155. The second-order valence-corrected chi connectivity index (χ2v) is 5.16. The van der Waals surface area contributed by atoms with Gasteiger partial charge in [0.15, 0.2) is 0 Å². The molecule has 5 nitrogen and oxygen atoms in total. The van der Waals surface area contributed by atoms with Gasteiger partial charge in [-0.3, -0.25) is 4.79 Å². The number of amides is 1. The van der Waals surface area contributed by atoms with Gasteiger partial charge in [0.2, 0.25) is 0 Å². The Kier molecular flexibility index (Phi) is 5.43. The predicted octanol–water partition coefficient (Wildman–Crippen LogP) is 1.51. The molecular formula is C15H15N3O2S. The summed E-state index contributed by atoms with van der Waals surface area (Å²) in [7, 11) is 0. The molecule has 0 atom stereocenters. The van der Waals surface area contributed by atoms with Crippen molar-refractivity contribution in [2.24, 2.45) is 0 Å². The standard InChI is InChI=1S/C15H15N3O2S/c1-11-16-6-5-13(18-11)9-17-15(20)12-8-14(21-10-12)4-2-3-7-19/h5-6,8,10,19H,3,7,9H2,1H3,(H,17,20). The Bertz CT molecular complexity index is 685. The molecule has 2 aromatic rings. The molecule has 2 rings (SSSR count). The van der Waals surface area contributed by atoms with Crippen molar-refractivity contribution in [1.29, 1.82) is 0 Å². The number of hydrogen-bond donors (Lipinski definition) is 2. The lowest BCUT2D eigenvalue weighted by Gasteiger charge is -2.03. The van der Waals surface area contributed by atoms with E-state index in [0.717, 1.165) is 10.6 Å². The largest absolute Gasteiger partial charge is 0.395 e. The number of aromatic nitrogens is 2. The van der Waals surface area contributed by atoms with E-state index >= 15 is 0 Å². The van der Waals surface area contributed by atoms with Crippen LogP contribution in [0.25, 0.3) is 0 Å². The molecule has 0 unspecified atom stereocenters. The first-order valence-electron chi connectivity index (χ1n) is 6.44. The number of aliphatic hydroxyl groups excluding tert-OH is 1. The molecule has 0 bridgehead atoms. The highest BCUT2D eigenvalue weighted by Gasteiger charge is 2.08. The summed E-state index contributed by atoms with van der Waals surface area (Å²) >= 11 is 1.41. The quantitative estimate of drug-likeness (QED) is 0.839. The van der Waals surface area contributed by atoms with Gasteiger partial charge in [-0.25, -0.2) is 9.97 Å². The van der Waals surface area contributed by atoms with Crippen molar-refractivity contribution < 1.29 is 9.90 Å². The number of aliphatic hydroxyl groups is 1. The van der Waals surface area contributed by atoms with E-state index in [2.05, 4.69) is 27.1 Å². The number of carbonyl (C=O) groups excluding carboxylic acids is 1. The maximum absolute atomic E-state index is 12.0. The van der Waals surface area contributed by atoms with Gasteiger partial charge in [-0.2, -0.15) is 0 Å². The number of carbonyl (C=O) groups is 1. The lowest BCUT2D eigenvalue weighted by atomic mass is 10.3. The third-order valence-electron chi connectivity index (χ3n) is 2.57. The summed E-state index contributed by atoms with van der Waals surface area (Å²) in [6, 6.07) is 3.52. The number of rotatable bonds is 4. The summed E-state index contributed by atoms with van der Waals surface area (Å²) in [5, 5.41) is 13.2. The molecule has 0 aliphatic rings. The number of aryl methyl sites for hydroxylation is 1. The highest BCUT2D eigenvalue weighted by molar-refractivity contribution is 7.10. The first kappa shape index (κ1) is 15.2. The Morgan fingerprint density at radius 1 is 1.52 bits per heavy atom. The van der Waals surface area contributed by atoms with E-state index in [-0.39, 0.29) is 12.5 Å². The molecule has 0 radical (unpaired) electrons. The van der Waals surface area contributed by atoms with Gasteiger partial charge in [0.1, 0.15) is 5.82 Å². The van der Waals surface area contributed by atoms with Crippen LogP contribution in [0.4, 0.5) is 0 Å². The van der Waals surface area contributed by atoms with Gasteiger partial charge in [0, 0.05) is 18.0 Å². The van der Waals surface area contributed by atoms with Crippen molar-refractivity contribution in [3.05, 3.63) is 45.7 Å². The molecule has 0 aliphatic heterocycles. The highest BCUT2D eigenvalue weighted by atomic mass is 32.1. The Morgan fingerprint density at radius 2 is 2.38 bits per heavy atom. The maximum Gasteiger partial charge on any atom is 0.252 e. The van der Waals surface area contributed by atoms with Crippen LogP contribution in [0.3, 0.4) is 0 Å². The van der Waals surface area contributed by atoms with E-state index in [1.807, 2.05) is 6.92 Å². The molecule has 2 heterocycles. The monoisotopic (exact) mass is 301 g/mol. The lowest BCUT2D eigenvalue weighted by Crippen LogP contribution is -2.22. The van der Waals surface area contributed by atoms with Crippen LogP contribution in [0.5, 0.6) is 0 Å². The van der Waals surface area contributed by atoms with Gasteiger partial charge in [0.05, 0.1) is 29.3 Å². The number of hydrogen-bond acceptors (Lipinski definition) is 5. The van der Waals surface area contributed by atoms with Crippen molar-refractivity contribution in [2.45, 2.75) is 19.9 Å². The molecule has 108 valence electrons. The predicted molar refractivity (Wildman–Crippen MR) is 80.8 cm³/mol. The van der Waals surface area contributed by atoms with E-state index in [1.54, 1.807) is 23.7 Å². The minimum absolute atomic E-state index is 0.0457. The molecule has 6 heteroatoms. The van der Waals surface area contributed by atoms with Gasteiger partial charge in [-0.15, -0.1) is 11.3 Å². The minimum Gasteiger partial charge on any atom is -0.395 e. The summed E-state index contributed by atoms with van der Waals surface area (Å²) < 4.78 is 0. The fourth-order valence-corrected chi connectivity index (χ4v) is 2.36. The van der Waals surface area contributed by atoms with Crippen LogP contribution in [-0.4, -0.2) is 27.6 Å². The van der Waals surface area contributed by atoms with Crippen molar-refractivity contribution in [3.63, 3.8) is 0 Å². The summed E-state index contributed by atoms with van der Waals surface area (Å²) in [6.45, 7) is 2.22. The molecule has 0 saturated heterocycles. The zero-order valence-corrected chi connectivity index (χ0v) is 12.4. The van der Waals surface area contributed by atoms with Gasteiger partial charge in [-0.1, -0.05) is 11.8 Å². The average Bonchev–Trinajstić information content (AvgIpc) is 2.94. The molecule has 2 aromatic heterocycles. The highest BCUT2D eigenvalue weighted by Crippen LogP contribution is 2.13. The molecule has 0 spiro atoms. The van der Waals surface area contributed by atoms with Crippen molar-refractivity contribution >= 4 is 17.2 Å². The van der Waals surface area contributed by atoms with Gasteiger partial charge < -0.3 is 10.4 Å². The number of nitrogens with zero attached hydrogens (tertiary/aromatic N) is 2. The van der Waals surface area contributed by atoms with Crippen LogP contribution >= 0.6 is 11.3 Å². The molecular weight excluding hydrogens is 286 g/mol. The Labute approximate surface area is 127 Å². The second kappa shape index (κ2) is 7.53. The fraction of sp³-hybridized carbons (Fsp3) is 0.267. The van der Waals surface area contributed by atoms with Crippen LogP contribution in [0, 0.1) is 18.8 Å². The van der Waals surface area contributed by atoms with E-state index in [0.29, 0.717) is 24.4 Å². The first-order chi connectivity index (χ1) is 10.2. The summed E-state index contributed by atoms with van der Waals surface area (Å²) in [5.41, 5.74) is 1.35. The number of nitrogens with one attached hydrogen (secondary N) is 1.